The van der Waals surface area contributed by atoms with Gasteiger partial charge in [-0.05, 0) is 62.1 Å². The molecule has 2 saturated carbocycles. The van der Waals surface area contributed by atoms with Crippen LogP contribution in [0.1, 0.15) is 56.5 Å². The fourth-order valence-corrected chi connectivity index (χ4v) is 3.27. The minimum atomic E-state index is -0.0646. The minimum absolute atomic E-state index is 0.0646. The molecule has 2 fully saturated rings. The molecule has 3 rings (SSSR count). The average molecular weight is 303 g/mol. The first-order valence-electron chi connectivity index (χ1n) is 8.35. The molecular formula is C18H25NO3. The SMILES string of the molecule is CC1CC1c1ccc(/C=C/C(=O)NC2CCC(CO)CC2)o1. The summed E-state index contributed by atoms with van der Waals surface area (Å²) in [5.74, 6) is 3.42. The number of furan rings is 1. The zero-order valence-corrected chi connectivity index (χ0v) is 13.1. The highest BCUT2D eigenvalue weighted by Gasteiger charge is 2.36. The Kier molecular flexibility index (Phi) is 4.67. The molecule has 1 heterocycles. The Bertz CT molecular complexity index is 540. The van der Waals surface area contributed by atoms with Crippen molar-refractivity contribution in [1.82, 2.24) is 5.32 Å². The third-order valence-corrected chi connectivity index (χ3v) is 4.97. The van der Waals surface area contributed by atoms with Crippen LogP contribution in [0.25, 0.3) is 6.08 Å². The van der Waals surface area contributed by atoms with Crippen LogP contribution in [0, 0.1) is 11.8 Å². The highest BCUT2D eigenvalue weighted by Crippen LogP contribution is 2.47. The van der Waals surface area contributed by atoms with Crippen LogP contribution in [0.4, 0.5) is 0 Å². The lowest BCUT2D eigenvalue weighted by Crippen LogP contribution is -2.37. The lowest BCUT2D eigenvalue weighted by Gasteiger charge is -2.27. The van der Waals surface area contributed by atoms with Gasteiger partial charge >= 0.3 is 0 Å². The van der Waals surface area contributed by atoms with E-state index < -0.39 is 0 Å². The summed E-state index contributed by atoms with van der Waals surface area (Å²) in [4.78, 5) is 12.0. The lowest BCUT2D eigenvalue weighted by atomic mass is 9.86. The van der Waals surface area contributed by atoms with Crippen LogP contribution in [0.5, 0.6) is 0 Å². The van der Waals surface area contributed by atoms with Gasteiger partial charge in [-0.15, -0.1) is 0 Å². The number of nitrogens with one attached hydrogen (secondary N) is 1. The van der Waals surface area contributed by atoms with Crippen molar-refractivity contribution in [2.75, 3.05) is 6.61 Å². The zero-order chi connectivity index (χ0) is 15.5. The van der Waals surface area contributed by atoms with Gasteiger partial charge in [0.2, 0.25) is 5.91 Å². The smallest absolute Gasteiger partial charge is 0.244 e. The van der Waals surface area contributed by atoms with Gasteiger partial charge in [0, 0.05) is 24.6 Å². The quantitative estimate of drug-likeness (QED) is 0.822. The van der Waals surface area contributed by atoms with E-state index in [4.69, 9.17) is 9.52 Å². The van der Waals surface area contributed by atoms with Gasteiger partial charge in [-0.25, -0.2) is 0 Å². The molecular weight excluding hydrogens is 278 g/mol. The van der Waals surface area contributed by atoms with Crippen molar-refractivity contribution in [3.8, 4) is 0 Å². The first-order valence-corrected chi connectivity index (χ1v) is 8.35. The fourth-order valence-electron chi connectivity index (χ4n) is 3.27. The van der Waals surface area contributed by atoms with Crippen LogP contribution in [0.2, 0.25) is 0 Å². The molecule has 2 atom stereocenters. The molecule has 4 heteroatoms. The fraction of sp³-hybridized carbons (Fsp3) is 0.611. The molecule has 1 aromatic heterocycles. The highest BCUT2D eigenvalue weighted by atomic mass is 16.3. The van der Waals surface area contributed by atoms with E-state index in [1.54, 1.807) is 12.2 Å². The Morgan fingerprint density at radius 2 is 2.09 bits per heavy atom. The summed E-state index contributed by atoms with van der Waals surface area (Å²) in [6, 6.07) is 4.18. The van der Waals surface area contributed by atoms with Gasteiger partial charge < -0.3 is 14.8 Å². The molecule has 2 N–H and O–H groups in total. The zero-order valence-electron chi connectivity index (χ0n) is 13.1. The standard InChI is InChI=1S/C18H25NO3/c1-12-10-16(12)17-8-6-15(22-17)7-9-18(21)19-14-4-2-13(11-20)3-5-14/h6-9,12-14,16,20H,2-5,10-11H2,1H3,(H,19,21)/b9-7+. The van der Waals surface area contributed by atoms with Gasteiger partial charge in [0.25, 0.3) is 0 Å². The Morgan fingerprint density at radius 3 is 2.73 bits per heavy atom. The third kappa shape index (κ3) is 3.80. The van der Waals surface area contributed by atoms with Crippen molar-refractivity contribution >= 4 is 12.0 Å². The Hall–Kier alpha value is -1.55. The maximum absolute atomic E-state index is 12.0. The molecule has 1 amide bonds. The van der Waals surface area contributed by atoms with E-state index in [1.807, 2.05) is 12.1 Å². The monoisotopic (exact) mass is 303 g/mol. The Morgan fingerprint density at radius 1 is 1.36 bits per heavy atom. The number of aliphatic hydroxyl groups is 1. The summed E-state index contributed by atoms with van der Waals surface area (Å²) >= 11 is 0. The van der Waals surface area contributed by atoms with Crippen LogP contribution in [-0.4, -0.2) is 23.7 Å². The predicted molar refractivity (Wildman–Crippen MR) is 85.2 cm³/mol. The average Bonchev–Trinajstić information content (AvgIpc) is 3.08. The topological polar surface area (TPSA) is 62.5 Å². The second kappa shape index (κ2) is 6.69. The first-order chi connectivity index (χ1) is 10.7. The van der Waals surface area contributed by atoms with E-state index >= 15 is 0 Å². The van der Waals surface area contributed by atoms with Gasteiger partial charge in [0.05, 0.1) is 0 Å². The van der Waals surface area contributed by atoms with Crippen molar-refractivity contribution in [2.45, 2.75) is 51.0 Å². The molecule has 120 valence electrons. The van der Waals surface area contributed by atoms with Crippen LogP contribution in [0.15, 0.2) is 22.6 Å². The number of carbonyl (C=O) groups excluding carboxylic acids is 1. The number of amides is 1. The lowest BCUT2D eigenvalue weighted by molar-refractivity contribution is -0.117. The Balaban J connectivity index is 1.46. The maximum atomic E-state index is 12.0. The molecule has 0 saturated heterocycles. The number of aliphatic hydroxyl groups excluding tert-OH is 1. The highest BCUT2D eigenvalue weighted by molar-refractivity contribution is 5.91. The van der Waals surface area contributed by atoms with E-state index in [-0.39, 0.29) is 18.6 Å². The normalized spacial score (nSPS) is 31.4. The largest absolute Gasteiger partial charge is 0.461 e. The molecule has 0 spiro atoms. The second-order valence-corrected chi connectivity index (χ2v) is 6.80. The number of carbonyl (C=O) groups is 1. The van der Waals surface area contributed by atoms with E-state index in [2.05, 4.69) is 12.2 Å². The molecule has 0 bridgehead atoms. The molecule has 0 aliphatic heterocycles. The van der Waals surface area contributed by atoms with Crippen LogP contribution in [-0.2, 0) is 4.79 Å². The van der Waals surface area contributed by atoms with Gasteiger partial charge in [-0.1, -0.05) is 6.92 Å². The van der Waals surface area contributed by atoms with E-state index in [0.717, 1.165) is 43.1 Å². The van der Waals surface area contributed by atoms with Crippen LogP contribution in [0.3, 0.4) is 0 Å². The molecule has 2 aliphatic carbocycles. The molecule has 2 aliphatic rings. The van der Waals surface area contributed by atoms with E-state index in [9.17, 15) is 4.79 Å². The van der Waals surface area contributed by atoms with Gasteiger partial charge in [-0.2, -0.15) is 0 Å². The van der Waals surface area contributed by atoms with Crippen molar-refractivity contribution < 1.29 is 14.3 Å². The van der Waals surface area contributed by atoms with Crippen molar-refractivity contribution in [2.24, 2.45) is 11.8 Å². The molecule has 4 nitrogen and oxygen atoms in total. The summed E-state index contributed by atoms with van der Waals surface area (Å²) in [5, 5.41) is 12.2. The molecule has 0 aromatic carbocycles. The van der Waals surface area contributed by atoms with Crippen molar-refractivity contribution in [1.29, 1.82) is 0 Å². The minimum Gasteiger partial charge on any atom is -0.461 e. The number of rotatable bonds is 5. The van der Waals surface area contributed by atoms with Gasteiger partial charge in [0.1, 0.15) is 11.5 Å². The number of hydrogen-bond acceptors (Lipinski definition) is 3. The Labute approximate surface area is 131 Å². The van der Waals surface area contributed by atoms with E-state index in [1.165, 1.54) is 6.42 Å². The first kappa shape index (κ1) is 15.3. The van der Waals surface area contributed by atoms with Crippen LogP contribution < -0.4 is 5.32 Å². The van der Waals surface area contributed by atoms with Crippen LogP contribution >= 0.6 is 0 Å². The molecule has 22 heavy (non-hydrogen) atoms. The summed E-state index contributed by atoms with van der Waals surface area (Å²) < 4.78 is 5.75. The second-order valence-electron chi connectivity index (χ2n) is 6.80. The summed E-state index contributed by atoms with van der Waals surface area (Å²) in [7, 11) is 0. The summed E-state index contributed by atoms with van der Waals surface area (Å²) in [6.45, 7) is 2.49. The third-order valence-electron chi connectivity index (χ3n) is 4.97. The van der Waals surface area contributed by atoms with Crippen molar-refractivity contribution in [3.63, 3.8) is 0 Å². The van der Waals surface area contributed by atoms with Crippen molar-refractivity contribution in [3.05, 3.63) is 29.7 Å². The van der Waals surface area contributed by atoms with Gasteiger partial charge in [-0.3, -0.25) is 4.79 Å². The molecule has 2 unspecified atom stereocenters. The molecule has 1 aromatic rings. The summed E-state index contributed by atoms with van der Waals surface area (Å²) in [5.41, 5.74) is 0. The van der Waals surface area contributed by atoms with Gasteiger partial charge in [0.15, 0.2) is 0 Å². The number of hydrogen-bond donors (Lipinski definition) is 2. The molecule has 0 radical (unpaired) electrons. The summed E-state index contributed by atoms with van der Waals surface area (Å²) in [6.07, 6.45) is 8.39. The van der Waals surface area contributed by atoms with E-state index in [0.29, 0.717) is 11.8 Å². The predicted octanol–water partition coefficient (Wildman–Crippen LogP) is 3.08. The maximum Gasteiger partial charge on any atom is 0.244 e.